The molecule has 17 heavy (non-hydrogen) atoms. The first-order chi connectivity index (χ1) is 8.08. The van der Waals surface area contributed by atoms with Crippen LogP contribution in [0.4, 0.5) is 0 Å². The number of carbonyl (C=O) groups is 1. The molecule has 0 saturated carbocycles. The molecule has 1 aromatic rings. The van der Waals surface area contributed by atoms with Gasteiger partial charge in [0.05, 0.1) is 6.10 Å². The number of nitrogens with zero attached hydrogens (tertiary/aromatic N) is 3. The van der Waals surface area contributed by atoms with Gasteiger partial charge in [0.1, 0.15) is 11.9 Å². The number of aliphatic hydroxyl groups excluding tert-OH is 1. The maximum absolute atomic E-state index is 11.0. The second kappa shape index (κ2) is 4.85. The Kier molecular flexibility index (Phi) is 3.44. The fourth-order valence-electron chi connectivity index (χ4n) is 2.26. The third-order valence-electron chi connectivity index (χ3n) is 3.22. The average molecular weight is 239 g/mol. The lowest BCUT2D eigenvalue weighted by Gasteiger charge is -2.21. The summed E-state index contributed by atoms with van der Waals surface area (Å²) in [6, 6.07) is -0.561. The molecule has 1 fully saturated rings. The quantitative estimate of drug-likeness (QED) is 0.755. The maximum atomic E-state index is 11.0. The molecular formula is C11H17N3O3. The zero-order valence-electron chi connectivity index (χ0n) is 9.78. The van der Waals surface area contributed by atoms with Gasteiger partial charge in [-0.25, -0.2) is 4.98 Å². The number of aromatic nitrogens is 2. The van der Waals surface area contributed by atoms with Gasteiger partial charge in [-0.2, -0.15) is 0 Å². The van der Waals surface area contributed by atoms with Crippen LogP contribution in [0.2, 0.25) is 0 Å². The topological polar surface area (TPSA) is 78.6 Å². The Morgan fingerprint density at radius 3 is 2.94 bits per heavy atom. The Hall–Kier alpha value is -1.40. The molecule has 0 bridgehead atoms. The highest BCUT2D eigenvalue weighted by molar-refractivity contribution is 5.74. The van der Waals surface area contributed by atoms with E-state index in [9.17, 15) is 9.90 Å². The van der Waals surface area contributed by atoms with Gasteiger partial charge in [-0.05, 0) is 6.92 Å². The Morgan fingerprint density at radius 2 is 2.35 bits per heavy atom. The average Bonchev–Trinajstić information content (AvgIpc) is 2.82. The summed E-state index contributed by atoms with van der Waals surface area (Å²) >= 11 is 0. The molecule has 2 atom stereocenters. The van der Waals surface area contributed by atoms with E-state index in [0.29, 0.717) is 26.1 Å². The molecule has 6 heteroatoms. The minimum atomic E-state index is -0.857. The first-order valence-corrected chi connectivity index (χ1v) is 5.70. The van der Waals surface area contributed by atoms with Crippen LogP contribution in [0.1, 0.15) is 12.2 Å². The van der Waals surface area contributed by atoms with Gasteiger partial charge in [-0.1, -0.05) is 0 Å². The summed E-state index contributed by atoms with van der Waals surface area (Å²) in [5.74, 6) is 0.0560. The Balaban J connectivity index is 1.94. The van der Waals surface area contributed by atoms with Gasteiger partial charge in [-0.3, -0.25) is 9.69 Å². The highest BCUT2D eigenvalue weighted by atomic mass is 16.4. The normalized spacial score (nSPS) is 25.3. The molecule has 1 aromatic heterocycles. The number of aryl methyl sites for hydroxylation is 1. The molecule has 6 nitrogen and oxygen atoms in total. The molecule has 2 heterocycles. The second-order valence-corrected chi connectivity index (χ2v) is 4.41. The molecule has 2 unspecified atom stereocenters. The lowest BCUT2D eigenvalue weighted by Crippen LogP contribution is -2.38. The number of aliphatic carboxylic acids is 1. The Bertz CT molecular complexity index is 404. The van der Waals surface area contributed by atoms with E-state index in [4.69, 9.17) is 5.11 Å². The predicted octanol–water partition coefficient (Wildman–Crippen LogP) is -0.289. The largest absolute Gasteiger partial charge is 0.480 e. The number of hydrogen-bond donors (Lipinski definition) is 2. The second-order valence-electron chi connectivity index (χ2n) is 4.41. The molecule has 0 spiro atoms. The van der Waals surface area contributed by atoms with Gasteiger partial charge in [0.15, 0.2) is 0 Å². The number of likely N-dealkylation sites (tertiary alicyclic amines) is 1. The van der Waals surface area contributed by atoms with Crippen LogP contribution in [-0.2, 0) is 11.3 Å². The molecule has 2 N–H and O–H groups in total. The van der Waals surface area contributed by atoms with Gasteiger partial charge in [-0.15, -0.1) is 0 Å². The highest BCUT2D eigenvalue weighted by Gasteiger charge is 2.35. The van der Waals surface area contributed by atoms with Crippen LogP contribution in [0.5, 0.6) is 0 Å². The summed E-state index contributed by atoms with van der Waals surface area (Å²) in [5.41, 5.74) is 0. The molecular weight excluding hydrogens is 222 g/mol. The van der Waals surface area contributed by atoms with Crippen molar-refractivity contribution in [1.82, 2.24) is 14.5 Å². The first kappa shape index (κ1) is 12.1. The highest BCUT2D eigenvalue weighted by Crippen LogP contribution is 2.17. The molecule has 94 valence electrons. The number of rotatable bonds is 4. The third-order valence-corrected chi connectivity index (χ3v) is 3.22. The minimum absolute atomic E-state index is 0.318. The van der Waals surface area contributed by atoms with Gasteiger partial charge in [0, 0.05) is 38.4 Å². The van der Waals surface area contributed by atoms with Gasteiger partial charge >= 0.3 is 5.97 Å². The van der Waals surface area contributed by atoms with Gasteiger partial charge in [0.2, 0.25) is 0 Å². The van der Waals surface area contributed by atoms with Gasteiger partial charge < -0.3 is 14.8 Å². The predicted molar refractivity (Wildman–Crippen MR) is 60.6 cm³/mol. The van der Waals surface area contributed by atoms with Crippen molar-refractivity contribution in [2.24, 2.45) is 0 Å². The molecule has 0 radical (unpaired) electrons. The summed E-state index contributed by atoms with van der Waals surface area (Å²) in [7, 11) is 0. The number of carboxylic acid groups (broad SMARTS) is 1. The lowest BCUT2D eigenvalue weighted by atomic mass is 10.2. The smallest absolute Gasteiger partial charge is 0.321 e. The SMILES string of the molecule is Cc1nccn1CCN1CC(O)CC1C(=O)O. The Morgan fingerprint density at radius 1 is 1.59 bits per heavy atom. The van der Waals surface area contributed by atoms with Crippen molar-refractivity contribution in [3.05, 3.63) is 18.2 Å². The van der Waals surface area contributed by atoms with E-state index in [1.807, 2.05) is 22.6 Å². The number of imidazole rings is 1. The maximum Gasteiger partial charge on any atom is 0.321 e. The van der Waals surface area contributed by atoms with E-state index in [1.54, 1.807) is 6.20 Å². The molecule has 0 aromatic carbocycles. The van der Waals surface area contributed by atoms with Crippen LogP contribution in [-0.4, -0.2) is 55.9 Å². The fraction of sp³-hybridized carbons (Fsp3) is 0.636. The zero-order chi connectivity index (χ0) is 12.4. The summed E-state index contributed by atoms with van der Waals surface area (Å²) in [6.45, 7) is 3.66. The van der Waals surface area contributed by atoms with E-state index in [-0.39, 0.29) is 0 Å². The zero-order valence-corrected chi connectivity index (χ0v) is 9.78. The molecule has 1 saturated heterocycles. The van der Waals surface area contributed by atoms with Crippen molar-refractivity contribution in [3.8, 4) is 0 Å². The van der Waals surface area contributed by atoms with Gasteiger partial charge in [0.25, 0.3) is 0 Å². The van der Waals surface area contributed by atoms with Crippen LogP contribution in [0.25, 0.3) is 0 Å². The van der Waals surface area contributed by atoms with Crippen LogP contribution in [0.3, 0.4) is 0 Å². The molecule has 0 amide bonds. The van der Waals surface area contributed by atoms with Crippen molar-refractivity contribution in [3.63, 3.8) is 0 Å². The first-order valence-electron chi connectivity index (χ1n) is 5.70. The third kappa shape index (κ3) is 2.65. The standard InChI is InChI=1S/C11H17N3O3/c1-8-12-2-3-13(8)4-5-14-7-9(15)6-10(14)11(16)17/h2-3,9-10,15H,4-7H2,1H3,(H,16,17). The lowest BCUT2D eigenvalue weighted by molar-refractivity contribution is -0.142. The number of aliphatic hydroxyl groups is 1. The van der Waals surface area contributed by atoms with E-state index in [2.05, 4.69) is 4.98 Å². The van der Waals surface area contributed by atoms with Crippen LogP contribution in [0.15, 0.2) is 12.4 Å². The number of β-amino-alcohol motifs (C(OH)–C–C–N with tert-alkyl or cyclic N) is 1. The minimum Gasteiger partial charge on any atom is -0.480 e. The van der Waals surface area contributed by atoms with E-state index in [1.165, 1.54) is 0 Å². The van der Waals surface area contributed by atoms with Crippen LogP contribution < -0.4 is 0 Å². The number of carboxylic acids is 1. The summed E-state index contributed by atoms with van der Waals surface area (Å²) < 4.78 is 1.98. The van der Waals surface area contributed by atoms with E-state index >= 15 is 0 Å². The summed E-state index contributed by atoms with van der Waals surface area (Å²) in [6.07, 6.45) is 3.39. The van der Waals surface area contributed by atoms with Crippen molar-refractivity contribution >= 4 is 5.97 Å². The van der Waals surface area contributed by atoms with Crippen molar-refractivity contribution < 1.29 is 15.0 Å². The van der Waals surface area contributed by atoms with Crippen molar-refractivity contribution in [2.45, 2.75) is 32.0 Å². The molecule has 0 aliphatic carbocycles. The number of hydrogen-bond acceptors (Lipinski definition) is 4. The summed E-state index contributed by atoms with van der Waals surface area (Å²) in [4.78, 5) is 16.9. The molecule has 1 aliphatic heterocycles. The fourth-order valence-corrected chi connectivity index (χ4v) is 2.26. The van der Waals surface area contributed by atoms with E-state index in [0.717, 1.165) is 5.82 Å². The van der Waals surface area contributed by atoms with E-state index < -0.39 is 18.1 Å². The molecule has 2 rings (SSSR count). The van der Waals surface area contributed by atoms with Crippen LogP contribution in [0, 0.1) is 6.92 Å². The monoisotopic (exact) mass is 239 g/mol. The summed E-state index contributed by atoms with van der Waals surface area (Å²) in [5, 5.41) is 18.5. The van der Waals surface area contributed by atoms with Crippen molar-refractivity contribution in [1.29, 1.82) is 0 Å². The Labute approximate surface area is 99.5 Å². The molecule has 1 aliphatic rings. The van der Waals surface area contributed by atoms with Crippen molar-refractivity contribution in [2.75, 3.05) is 13.1 Å². The van der Waals surface area contributed by atoms with Crippen LogP contribution >= 0.6 is 0 Å².